The van der Waals surface area contributed by atoms with E-state index < -0.39 is 5.66 Å². The number of nitrogens with zero attached hydrogens (tertiary/aromatic N) is 1. The number of carbonyl (C=O) groups excluding carboxylic acids is 1. The number of carbonyl (C=O) groups is 1. The van der Waals surface area contributed by atoms with Gasteiger partial charge in [-0.2, -0.15) is 0 Å². The number of hydrogen-bond acceptors (Lipinski definition) is 4. The van der Waals surface area contributed by atoms with Crippen LogP contribution in [-0.2, 0) is 10.2 Å². The topological polar surface area (TPSA) is 50.8 Å². The number of anilines is 1. The van der Waals surface area contributed by atoms with Gasteiger partial charge in [0.25, 0.3) is 0 Å². The molecule has 1 fully saturated rings. The third kappa shape index (κ3) is 2.57. The highest BCUT2D eigenvalue weighted by molar-refractivity contribution is 5.84. The van der Waals surface area contributed by atoms with Crippen LogP contribution in [0, 0.1) is 0 Å². The number of nitrogens with one attached hydrogen (secondary N) is 1. The van der Waals surface area contributed by atoms with Crippen LogP contribution >= 0.6 is 0 Å². The molecule has 0 radical (unpaired) electrons. The van der Waals surface area contributed by atoms with E-state index in [9.17, 15) is 4.79 Å². The van der Waals surface area contributed by atoms with E-state index in [1.54, 1.807) is 14.2 Å². The van der Waals surface area contributed by atoms with E-state index in [1.165, 1.54) is 11.3 Å². The van der Waals surface area contributed by atoms with E-state index in [0.29, 0.717) is 24.5 Å². The molecule has 146 valence electrons. The average Bonchev–Trinajstić information content (AvgIpc) is 2.90. The minimum absolute atomic E-state index is 0.0779. The van der Waals surface area contributed by atoms with E-state index in [0.717, 1.165) is 5.56 Å². The first-order valence-corrected chi connectivity index (χ1v) is 9.52. The number of hydrogen-bond donors (Lipinski definition) is 1. The van der Waals surface area contributed by atoms with Gasteiger partial charge in [-0.15, -0.1) is 0 Å². The van der Waals surface area contributed by atoms with Gasteiger partial charge in [0.1, 0.15) is 5.66 Å². The lowest BCUT2D eigenvalue weighted by molar-refractivity contribution is -0.124. The molecule has 2 heterocycles. The maximum atomic E-state index is 12.4. The third-order valence-electron chi connectivity index (χ3n) is 6.06. The highest BCUT2D eigenvalue weighted by Crippen LogP contribution is 2.52. The minimum Gasteiger partial charge on any atom is -0.493 e. The molecule has 0 aliphatic carbocycles. The van der Waals surface area contributed by atoms with Gasteiger partial charge in [-0.3, -0.25) is 4.79 Å². The van der Waals surface area contributed by atoms with Gasteiger partial charge < -0.3 is 19.7 Å². The second-order valence-electron chi connectivity index (χ2n) is 7.81. The molecule has 4 rings (SSSR count). The molecule has 1 saturated heterocycles. The molecule has 1 atom stereocenters. The van der Waals surface area contributed by atoms with Gasteiger partial charge in [-0.05, 0) is 35.4 Å². The van der Waals surface area contributed by atoms with Crippen molar-refractivity contribution < 1.29 is 14.3 Å². The van der Waals surface area contributed by atoms with E-state index in [2.05, 4.69) is 54.4 Å². The van der Waals surface area contributed by atoms with Crippen LogP contribution in [0.1, 0.15) is 31.4 Å². The Morgan fingerprint density at radius 2 is 1.82 bits per heavy atom. The van der Waals surface area contributed by atoms with Crippen LogP contribution in [0.5, 0.6) is 11.5 Å². The van der Waals surface area contributed by atoms with E-state index in [1.807, 2.05) is 24.3 Å². The fourth-order valence-electron chi connectivity index (χ4n) is 4.49. The summed E-state index contributed by atoms with van der Waals surface area (Å²) in [5, 5.41) is 3.29. The second kappa shape index (κ2) is 6.59. The summed E-state index contributed by atoms with van der Waals surface area (Å²) in [5.41, 5.74) is 2.52. The maximum absolute atomic E-state index is 12.4. The lowest BCUT2D eigenvalue weighted by Crippen LogP contribution is -2.68. The first-order chi connectivity index (χ1) is 13.4. The molecule has 1 N–H and O–H groups in total. The third-order valence-corrected chi connectivity index (χ3v) is 6.06. The Hall–Kier alpha value is -2.95. The van der Waals surface area contributed by atoms with Gasteiger partial charge >= 0.3 is 0 Å². The Bertz CT molecular complexity index is 951. The predicted molar refractivity (Wildman–Crippen MR) is 111 cm³/mol. The van der Waals surface area contributed by atoms with Crippen molar-refractivity contribution >= 4 is 17.7 Å². The smallest absolute Gasteiger partial charge is 0.223 e. The molecule has 0 bridgehead atoms. The van der Waals surface area contributed by atoms with Crippen LogP contribution in [-0.4, -0.2) is 32.3 Å². The van der Waals surface area contributed by atoms with Crippen LogP contribution in [0.2, 0.25) is 0 Å². The van der Waals surface area contributed by atoms with Crippen molar-refractivity contribution in [3.63, 3.8) is 0 Å². The SMILES string of the molecule is COc1ccc(C=CC23NC(=O)CCN2c2ccccc2C3(C)C)cc1OC. The van der Waals surface area contributed by atoms with Crippen LogP contribution < -0.4 is 19.7 Å². The zero-order chi connectivity index (χ0) is 19.9. The van der Waals surface area contributed by atoms with Crippen LogP contribution in [0.3, 0.4) is 0 Å². The number of ether oxygens (including phenoxy) is 2. The zero-order valence-electron chi connectivity index (χ0n) is 16.8. The van der Waals surface area contributed by atoms with Crippen molar-refractivity contribution in [2.45, 2.75) is 31.3 Å². The minimum atomic E-state index is -0.612. The Kier molecular flexibility index (Phi) is 4.33. The molecule has 2 aliphatic heterocycles. The molecule has 1 unspecified atom stereocenters. The Labute approximate surface area is 165 Å². The molecule has 1 amide bonds. The molecular weight excluding hydrogens is 352 g/mol. The van der Waals surface area contributed by atoms with Crippen LogP contribution in [0.25, 0.3) is 6.08 Å². The van der Waals surface area contributed by atoms with Gasteiger partial charge in [-0.1, -0.05) is 44.2 Å². The van der Waals surface area contributed by atoms with E-state index in [-0.39, 0.29) is 11.3 Å². The van der Waals surface area contributed by atoms with Gasteiger partial charge in [-0.25, -0.2) is 0 Å². The Morgan fingerprint density at radius 1 is 1.07 bits per heavy atom. The van der Waals surface area contributed by atoms with E-state index in [4.69, 9.17) is 9.47 Å². The van der Waals surface area contributed by atoms with Gasteiger partial charge in [0.15, 0.2) is 11.5 Å². The van der Waals surface area contributed by atoms with Crippen LogP contribution in [0.4, 0.5) is 5.69 Å². The number of fused-ring (bicyclic) bond motifs is 3. The van der Waals surface area contributed by atoms with Gasteiger partial charge in [0, 0.05) is 24.1 Å². The number of benzene rings is 2. The molecule has 0 spiro atoms. The van der Waals surface area contributed by atoms with Gasteiger partial charge in [0.05, 0.1) is 14.2 Å². The summed E-state index contributed by atoms with van der Waals surface area (Å²) in [6.45, 7) is 5.08. The largest absolute Gasteiger partial charge is 0.493 e. The van der Waals surface area contributed by atoms with Crippen molar-refractivity contribution in [2.24, 2.45) is 0 Å². The molecule has 0 aromatic heterocycles. The number of para-hydroxylation sites is 1. The van der Waals surface area contributed by atoms with Crippen LogP contribution in [0.15, 0.2) is 48.5 Å². The van der Waals surface area contributed by atoms with E-state index >= 15 is 0 Å². The van der Waals surface area contributed by atoms with Crippen molar-refractivity contribution in [1.82, 2.24) is 5.32 Å². The van der Waals surface area contributed by atoms with Gasteiger partial charge in [0.2, 0.25) is 5.91 Å². The molecule has 0 saturated carbocycles. The summed E-state index contributed by atoms with van der Waals surface area (Å²) >= 11 is 0. The first kappa shape index (κ1) is 18.4. The number of methoxy groups -OCH3 is 2. The summed E-state index contributed by atoms with van der Waals surface area (Å²) in [6, 6.07) is 14.2. The zero-order valence-corrected chi connectivity index (χ0v) is 16.8. The fourth-order valence-corrected chi connectivity index (χ4v) is 4.49. The highest BCUT2D eigenvalue weighted by Gasteiger charge is 2.57. The summed E-state index contributed by atoms with van der Waals surface area (Å²) < 4.78 is 10.8. The maximum Gasteiger partial charge on any atom is 0.223 e. The molecule has 5 heteroatoms. The Balaban J connectivity index is 1.80. The molecule has 2 aromatic rings. The normalized spacial score (nSPS) is 22.6. The quantitative estimate of drug-likeness (QED) is 0.881. The number of rotatable bonds is 4. The lowest BCUT2D eigenvalue weighted by Gasteiger charge is -2.49. The molecular formula is C23H26N2O3. The number of amides is 1. The highest BCUT2D eigenvalue weighted by atomic mass is 16.5. The molecule has 28 heavy (non-hydrogen) atoms. The lowest BCUT2D eigenvalue weighted by atomic mass is 9.74. The average molecular weight is 378 g/mol. The molecule has 5 nitrogen and oxygen atoms in total. The van der Waals surface area contributed by atoms with Crippen molar-refractivity contribution in [3.8, 4) is 11.5 Å². The Morgan fingerprint density at radius 3 is 2.57 bits per heavy atom. The summed E-state index contributed by atoms with van der Waals surface area (Å²) in [4.78, 5) is 14.8. The van der Waals surface area contributed by atoms with Crippen molar-refractivity contribution in [2.75, 3.05) is 25.7 Å². The summed E-state index contributed by atoms with van der Waals surface area (Å²) in [7, 11) is 3.25. The predicted octanol–water partition coefficient (Wildman–Crippen LogP) is 3.73. The van der Waals surface area contributed by atoms with Crippen molar-refractivity contribution in [3.05, 3.63) is 59.7 Å². The second-order valence-corrected chi connectivity index (χ2v) is 7.81. The monoisotopic (exact) mass is 378 g/mol. The summed E-state index contributed by atoms with van der Waals surface area (Å²) in [6.07, 6.45) is 4.66. The first-order valence-electron chi connectivity index (χ1n) is 9.52. The fraction of sp³-hybridized carbons (Fsp3) is 0.348. The standard InChI is InChI=1S/C23H26N2O3/c1-22(2)17-7-5-6-8-18(17)25-14-12-21(26)24-23(22,25)13-11-16-9-10-19(27-3)20(15-16)28-4/h5-11,13,15H,12,14H2,1-4H3,(H,24,26). The van der Waals surface area contributed by atoms with Crippen molar-refractivity contribution in [1.29, 1.82) is 0 Å². The summed E-state index contributed by atoms with van der Waals surface area (Å²) in [5.74, 6) is 1.45. The molecule has 2 aromatic carbocycles. The molecule has 2 aliphatic rings.